The van der Waals surface area contributed by atoms with Gasteiger partial charge in [0.1, 0.15) is 5.82 Å². The first-order valence-electron chi connectivity index (χ1n) is 8.74. The summed E-state index contributed by atoms with van der Waals surface area (Å²) in [7, 11) is 0. The normalized spacial score (nSPS) is 14.5. The Morgan fingerprint density at radius 3 is 2.52 bits per heavy atom. The molecule has 1 aliphatic rings. The highest BCUT2D eigenvalue weighted by Crippen LogP contribution is 2.29. The molecule has 0 atom stereocenters. The number of alkyl halides is 2. The average Bonchev–Trinajstić information content (AvgIpc) is 2.68. The maximum Gasteiger partial charge on any atom is 0.288 e. The number of amides is 1. The van der Waals surface area contributed by atoms with Gasteiger partial charge in [-0.2, -0.15) is 8.78 Å². The third-order valence-electron chi connectivity index (χ3n) is 4.23. The summed E-state index contributed by atoms with van der Waals surface area (Å²) >= 11 is 0.405. The third-order valence-corrected chi connectivity index (χ3v) is 5.02. The second kappa shape index (κ2) is 8.98. The Labute approximate surface area is 160 Å². The molecule has 1 aliphatic heterocycles. The molecular weight excluding hydrogens is 372 g/mol. The molecule has 1 fully saturated rings. The largest absolute Gasteiger partial charge is 0.369 e. The first-order valence-corrected chi connectivity index (χ1v) is 9.62. The standard InChI is InChI=1S/C18H21F2N5OS/c1-2-21-15-7-8-16(23-22-15)24-9-11-25(12-10-24)17(26)13-5-3-4-6-14(13)27-18(19)20/h3-8,18H,2,9-12H2,1H3,(H,21,22). The highest BCUT2D eigenvalue weighted by molar-refractivity contribution is 7.99. The topological polar surface area (TPSA) is 61.4 Å². The number of benzene rings is 1. The molecule has 0 aliphatic carbocycles. The summed E-state index contributed by atoms with van der Waals surface area (Å²) in [6, 6.07) is 10.3. The van der Waals surface area contributed by atoms with Crippen LogP contribution >= 0.6 is 11.8 Å². The van der Waals surface area contributed by atoms with Crippen molar-refractivity contribution in [3.05, 3.63) is 42.0 Å². The number of nitrogens with zero attached hydrogens (tertiary/aromatic N) is 4. The van der Waals surface area contributed by atoms with Crippen LogP contribution in [0.5, 0.6) is 0 Å². The van der Waals surface area contributed by atoms with Gasteiger partial charge in [0.15, 0.2) is 5.82 Å². The molecule has 0 radical (unpaired) electrons. The van der Waals surface area contributed by atoms with Crippen molar-refractivity contribution in [2.45, 2.75) is 17.6 Å². The highest BCUT2D eigenvalue weighted by atomic mass is 32.2. The number of halogens is 2. The third kappa shape index (κ3) is 4.85. The zero-order valence-electron chi connectivity index (χ0n) is 14.9. The van der Waals surface area contributed by atoms with Crippen molar-refractivity contribution in [3.8, 4) is 0 Å². The lowest BCUT2D eigenvalue weighted by molar-refractivity contribution is 0.0743. The van der Waals surface area contributed by atoms with Crippen LogP contribution in [0.1, 0.15) is 17.3 Å². The molecule has 1 N–H and O–H groups in total. The maximum atomic E-state index is 12.8. The van der Waals surface area contributed by atoms with Crippen molar-refractivity contribution >= 4 is 29.3 Å². The second-order valence-electron chi connectivity index (χ2n) is 5.96. The van der Waals surface area contributed by atoms with Crippen molar-refractivity contribution in [2.75, 3.05) is 42.9 Å². The number of carbonyl (C=O) groups excluding carboxylic acids is 1. The Hall–Kier alpha value is -2.42. The second-order valence-corrected chi connectivity index (χ2v) is 6.99. The summed E-state index contributed by atoms with van der Waals surface area (Å²) in [6.07, 6.45) is 0. The van der Waals surface area contributed by atoms with Gasteiger partial charge < -0.3 is 15.1 Å². The van der Waals surface area contributed by atoms with Gasteiger partial charge in [-0.3, -0.25) is 4.79 Å². The molecule has 0 spiro atoms. The number of carbonyl (C=O) groups is 1. The van der Waals surface area contributed by atoms with Crippen LogP contribution in [0.4, 0.5) is 20.4 Å². The summed E-state index contributed by atoms with van der Waals surface area (Å²) in [4.78, 5) is 16.8. The van der Waals surface area contributed by atoms with Crippen LogP contribution in [0.25, 0.3) is 0 Å². The van der Waals surface area contributed by atoms with Crippen LogP contribution in [0.3, 0.4) is 0 Å². The Morgan fingerprint density at radius 2 is 1.89 bits per heavy atom. The molecule has 9 heteroatoms. The van der Waals surface area contributed by atoms with E-state index < -0.39 is 5.76 Å². The van der Waals surface area contributed by atoms with Gasteiger partial charge >= 0.3 is 0 Å². The lowest BCUT2D eigenvalue weighted by Crippen LogP contribution is -2.49. The van der Waals surface area contributed by atoms with Crippen molar-refractivity contribution in [1.29, 1.82) is 0 Å². The van der Waals surface area contributed by atoms with Crippen molar-refractivity contribution < 1.29 is 13.6 Å². The first kappa shape index (κ1) is 19.3. The average molecular weight is 393 g/mol. The van der Waals surface area contributed by atoms with Crippen LogP contribution in [-0.2, 0) is 0 Å². The van der Waals surface area contributed by atoms with Gasteiger partial charge in [0.25, 0.3) is 11.7 Å². The molecule has 1 saturated heterocycles. The summed E-state index contributed by atoms with van der Waals surface area (Å²) < 4.78 is 25.5. The molecule has 0 unspecified atom stereocenters. The smallest absolute Gasteiger partial charge is 0.288 e. The predicted molar refractivity (Wildman–Crippen MR) is 103 cm³/mol. The number of piperazine rings is 1. The monoisotopic (exact) mass is 393 g/mol. The number of nitrogens with one attached hydrogen (secondary N) is 1. The van der Waals surface area contributed by atoms with Crippen LogP contribution < -0.4 is 10.2 Å². The Kier molecular flexibility index (Phi) is 6.44. The van der Waals surface area contributed by atoms with E-state index in [1.165, 1.54) is 0 Å². The number of rotatable bonds is 6. The van der Waals surface area contributed by atoms with E-state index in [9.17, 15) is 13.6 Å². The summed E-state index contributed by atoms with van der Waals surface area (Å²) in [6.45, 7) is 5.01. The quantitative estimate of drug-likeness (QED) is 0.761. The van der Waals surface area contributed by atoms with Crippen molar-refractivity contribution in [1.82, 2.24) is 15.1 Å². The van der Waals surface area contributed by atoms with E-state index in [2.05, 4.69) is 20.4 Å². The summed E-state index contributed by atoms with van der Waals surface area (Å²) in [5.41, 5.74) is 0.325. The molecule has 144 valence electrons. The summed E-state index contributed by atoms with van der Waals surface area (Å²) in [5, 5.41) is 11.4. The van der Waals surface area contributed by atoms with E-state index in [0.29, 0.717) is 48.4 Å². The number of anilines is 2. The molecule has 6 nitrogen and oxygen atoms in total. The predicted octanol–water partition coefficient (Wildman–Crippen LogP) is 3.19. The van der Waals surface area contributed by atoms with Gasteiger partial charge in [-0.1, -0.05) is 23.9 Å². The lowest BCUT2D eigenvalue weighted by Gasteiger charge is -2.35. The number of hydrogen-bond donors (Lipinski definition) is 1. The minimum atomic E-state index is -2.56. The van der Waals surface area contributed by atoms with Crippen molar-refractivity contribution in [3.63, 3.8) is 0 Å². The Morgan fingerprint density at radius 1 is 1.15 bits per heavy atom. The number of hydrogen-bond acceptors (Lipinski definition) is 6. The Balaban J connectivity index is 1.63. The molecule has 27 heavy (non-hydrogen) atoms. The van der Waals surface area contributed by atoms with E-state index in [1.54, 1.807) is 29.2 Å². The molecule has 1 amide bonds. The fourth-order valence-electron chi connectivity index (χ4n) is 2.92. The SMILES string of the molecule is CCNc1ccc(N2CCN(C(=O)c3ccccc3SC(F)F)CC2)nn1. The van der Waals surface area contributed by atoms with E-state index in [0.717, 1.165) is 18.2 Å². The van der Waals surface area contributed by atoms with Crippen LogP contribution in [0.2, 0.25) is 0 Å². The minimum absolute atomic E-state index is 0.216. The van der Waals surface area contributed by atoms with Gasteiger partial charge in [0.2, 0.25) is 0 Å². The zero-order valence-corrected chi connectivity index (χ0v) is 15.8. The molecule has 2 heterocycles. The van der Waals surface area contributed by atoms with Crippen molar-refractivity contribution in [2.24, 2.45) is 0 Å². The molecule has 0 bridgehead atoms. The van der Waals surface area contributed by atoms with E-state index in [-0.39, 0.29) is 5.91 Å². The van der Waals surface area contributed by atoms with E-state index in [1.807, 2.05) is 19.1 Å². The Bertz CT molecular complexity index is 767. The molecule has 1 aromatic carbocycles. The molecule has 0 saturated carbocycles. The van der Waals surface area contributed by atoms with E-state index in [4.69, 9.17) is 0 Å². The maximum absolute atomic E-state index is 12.8. The first-order chi connectivity index (χ1) is 13.1. The van der Waals surface area contributed by atoms with E-state index >= 15 is 0 Å². The molecular formula is C18H21F2N5OS. The number of aromatic nitrogens is 2. The van der Waals surface area contributed by atoms with Crippen LogP contribution in [0, 0.1) is 0 Å². The van der Waals surface area contributed by atoms with Gasteiger partial charge in [-0.25, -0.2) is 0 Å². The minimum Gasteiger partial charge on any atom is -0.369 e. The molecule has 3 rings (SSSR count). The zero-order chi connectivity index (χ0) is 19.2. The fraction of sp³-hybridized carbons (Fsp3) is 0.389. The van der Waals surface area contributed by atoms with Gasteiger partial charge in [0.05, 0.1) is 5.56 Å². The van der Waals surface area contributed by atoms with Crippen LogP contribution in [0.15, 0.2) is 41.3 Å². The highest BCUT2D eigenvalue weighted by Gasteiger charge is 2.25. The number of thioether (sulfide) groups is 1. The summed E-state index contributed by atoms with van der Waals surface area (Å²) in [5.74, 6) is -1.29. The van der Waals surface area contributed by atoms with Gasteiger partial charge in [-0.05, 0) is 31.2 Å². The molecule has 1 aromatic heterocycles. The molecule has 2 aromatic rings. The van der Waals surface area contributed by atoms with Gasteiger partial charge in [-0.15, -0.1) is 10.2 Å². The lowest BCUT2D eigenvalue weighted by atomic mass is 10.2. The van der Waals surface area contributed by atoms with Crippen LogP contribution in [-0.4, -0.2) is 59.5 Å². The van der Waals surface area contributed by atoms with Gasteiger partial charge in [0, 0.05) is 37.6 Å². The fourth-order valence-corrected chi connectivity index (χ4v) is 3.55.